The summed E-state index contributed by atoms with van der Waals surface area (Å²) in [6, 6.07) is 21.6. The highest BCUT2D eigenvalue weighted by Crippen LogP contribution is 2.41. The van der Waals surface area contributed by atoms with E-state index in [0.29, 0.717) is 29.9 Å². The van der Waals surface area contributed by atoms with E-state index >= 15 is 0 Å². The topological polar surface area (TPSA) is 66.4 Å². The fourth-order valence-corrected chi connectivity index (χ4v) is 4.71. The molecule has 38 heavy (non-hydrogen) atoms. The van der Waals surface area contributed by atoms with Crippen LogP contribution in [0.4, 0.5) is 4.39 Å². The fraction of sp³-hybridized carbons (Fsp3) is 0.355. The Bertz CT molecular complexity index is 1240. The highest BCUT2D eigenvalue weighted by atomic mass is 19.1. The van der Waals surface area contributed by atoms with Crippen LogP contribution in [0.15, 0.2) is 84.6 Å². The summed E-state index contributed by atoms with van der Waals surface area (Å²) in [5.41, 5.74) is 2.65. The summed E-state index contributed by atoms with van der Waals surface area (Å²) in [6.45, 7) is 2.76. The maximum atomic E-state index is 14.8. The van der Waals surface area contributed by atoms with Gasteiger partial charge in [-0.25, -0.2) is 4.39 Å². The van der Waals surface area contributed by atoms with Crippen molar-refractivity contribution < 1.29 is 33.2 Å². The number of hydrogen-bond acceptors (Lipinski definition) is 6. The summed E-state index contributed by atoms with van der Waals surface area (Å²) in [5.74, 6) is -0.977. The molecule has 0 amide bonds. The third-order valence-corrected chi connectivity index (χ3v) is 6.82. The Balaban J connectivity index is 1.43. The van der Waals surface area contributed by atoms with E-state index in [4.69, 9.17) is 23.7 Å². The van der Waals surface area contributed by atoms with Crippen LogP contribution in [0.5, 0.6) is 5.75 Å². The van der Waals surface area contributed by atoms with Crippen molar-refractivity contribution in [2.45, 2.75) is 50.5 Å². The lowest BCUT2D eigenvalue weighted by Gasteiger charge is -2.44. The molecule has 6 nitrogen and oxygen atoms in total. The number of fused-ring (bicyclic) bond motifs is 1. The molecule has 5 rings (SSSR count). The molecular formula is C31H33FO6. The monoisotopic (exact) mass is 520 g/mol. The van der Waals surface area contributed by atoms with Crippen LogP contribution >= 0.6 is 0 Å². The Labute approximate surface area is 222 Å². The molecule has 0 aromatic heterocycles. The molecule has 0 saturated carbocycles. The van der Waals surface area contributed by atoms with Gasteiger partial charge < -0.3 is 28.8 Å². The van der Waals surface area contributed by atoms with Crippen LogP contribution in [-0.2, 0) is 31.2 Å². The SMILES string of the molecule is CCCCOC1=CC(O)(c2ccc(F)c(Cc3ccc(OC)cc3)c2)OC2COC(c3ccccc3)OC12. The number of unbranched alkanes of at least 4 members (excludes halogenated alkanes) is 1. The van der Waals surface area contributed by atoms with Gasteiger partial charge in [0, 0.05) is 23.6 Å². The molecule has 0 aliphatic carbocycles. The zero-order chi connectivity index (χ0) is 26.5. The predicted molar refractivity (Wildman–Crippen MR) is 140 cm³/mol. The van der Waals surface area contributed by atoms with Gasteiger partial charge in [-0.05, 0) is 41.8 Å². The van der Waals surface area contributed by atoms with Crippen LogP contribution < -0.4 is 4.74 Å². The number of aliphatic hydroxyl groups is 1. The first kappa shape index (κ1) is 26.4. The molecule has 4 atom stereocenters. The average molecular weight is 521 g/mol. The third-order valence-electron chi connectivity index (χ3n) is 6.82. The summed E-state index contributed by atoms with van der Waals surface area (Å²) < 4.78 is 44.6. The van der Waals surface area contributed by atoms with Crippen molar-refractivity contribution >= 4 is 0 Å². The Morgan fingerprint density at radius 2 is 1.84 bits per heavy atom. The Morgan fingerprint density at radius 1 is 1.05 bits per heavy atom. The molecule has 2 heterocycles. The van der Waals surface area contributed by atoms with Gasteiger partial charge in [0.05, 0.1) is 20.3 Å². The normalized spacial score (nSPS) is 24.8. The second kappa shape index (κ2) is 11.7. The summed E-state index contributed by atoms with van der Waals surface area (Å²) in [7, 11) is 1.60. The quantitative estimate of drug-likeness (QED) is 0.361. The van der Waals surface area contributed by atoms with Gasteiger partial charge >= 0.3 is 0 Å². The van der Waals surface area contributed by atoms with Gasteiger partial charge in [0.1, 0.15) is 29.5 Å². The lowest BCUT2D eigenvalue weighted by Crippen LogP contribution is -2.51. The molecule has 4 unspecified atom stereocenters. The Kier molecular flexibility index (Phi) is 8.09. The third kappa shape index (κ3) is 5.76. The largest absolute Gasteiger partial charge is 0.497 e. The number of hydrogen-bond donors (Lipinski definition) is 1. The fourth-order valence-electron chi connectivity index (χ4n) is 4.71. The molecular weight excluding hydrogens is 487 g/mol. The minimum absolute atomic E-state index is 0.195. The second-order valence-electron chi connectivity index (χ2n) is 9.57. The number of rotatable bonds is 9. The molecule has 7 heteroatoms. The number of halogens is 1. The molecule has 1 fully saturated rings. The molecule has 3 aromatic carbocycles. The van der Waals surface area contributed by atoms with Crippen LogP contribution in [0.2, 0.25) is 0 Å². The van der Waals surface area contributed by atoms with Crippen LogP contribution in [0.25, 0.3) is 0 Å². The lowest BCUT2D eigenvalue weighted by atomic mass is 9.94. The number of ether oxygens (including phenoxy) is 5. The first-order chi connectivity index (χ1) is 18.5. The Morgan fingerprint density at radius 3 is 2.58 bits per heavy atom. The standard InChI is InChI=1S/C31H33FO6/c1-3-4-16-35-27-19-31(33,38-28-20-36-30(37-29(27)28)22-8-6-5-7-9-22)24-12-15-26(32)23(18-24)17-21-10-13-25(34-2)14-11-21/h5-15,18-19,28-30,33H,3-4,16-17,20H2,1-2H3. The number of methoxy groups -OCH3 is 1. The molecule has 2 aliphatic heterocycles. The van der Waals surface area contributed by atoms with Crippen molar-refractivity contribution in [2.24, 2.45) is 0 Å². The van der Waals surface area contributed by atoms with E-state index in [2.05, 4.69) is 6.92 Å². The van der Waals surface area contributed by atoms with Crippen molar-refractivity contribution in [3.63, 3.8) is 0 Å². The minimum Gasteiger partial charge on any atom is -0.497 e. The van der Waals surface area contributed by atoms with Crippen molar-refractivity contribution in [2.75, 3.05) is 20.3 Å². The predicted octanol–water partition coefficient (Wildman–Crippen LogP) is 5.78. The van der Waals surface area contributed by atoms with Crippen molar-refractivity contribution in [3.8, 4) is 5.75 Å². The van der Waals surface area contributed by atoms with Crippen LogP contribution in [0.1, 0.15) is 48.3 Å². The van der Waals surface area contributed by atoms with Gasteiger partial charge in [0.2, 0.25) is 5.79 Å². The highest BCUT2D eigenvalue weighted by Gasteiger charge is 2.47. The number of benzene rings is 3. The summed E-state index contributed by atoms with van der Waals surface area (Å²) in [5, 5.41) is 11.7. The summed E-state index contributed by atoms with van der Waals surface area (Å²) >= 11 is 0. The van der Waals surface area contributed by atoms with Crippen molar-refractivity contribution in [1.82, 2.24) is 0 Å². The van der Waals surface area contributed by atoms with Gasteiger partial charge in [-0.2, -0.15) is 0 Å². The van der Waals surface area contributed by atoms with Gasteiger partial charge in [0.15, 0.2) is 6.29 Å². The van der Waals surface area contributed by atoms with Crippen LogP contribution in [0, 0.1) is 5.82 Å². The van der Waals surface area contributed by atoms with Gasteiger partial charge in [0.25, 0.3) is 0 Å². The van der Waals surface area contributed by atoms with Gasteiger partial charge in [-0.3, -0.25) is 0 Å². The maximum absolute atomic E-state index is 14.8. The van der Waals surface area contributed by atoms with Crippen LogP contribution in [-0.4, -0.2) is 37.6 Å². The second-order valence-corrected chi connectivity index (χ2v) is 9.57. The average Bonchev–Trinajstić information content (AvgIpc) is 2.95. The molecule has 200 valence electrons. The van der Waals surface area contributed by atoms with E-state index in [1.807, 2.05) is 54.6 Å². The Hall–Kier alpha value is -3.23. The first-order valence-electron chi connectivity index (χ1n) is 13.0. The lowest BCUT2D eigenvalue weighted by molar-refractivity contribution is -0.319. The summed E-state index contributed by atoms with van der Waals surface area (Å²) in [6.07, 6.45) is 1.97. The van der Waals surface area contributed by atoms with E-state index in [1.165, 1.54) is 12.1 Å². The molecule has 0 bridgehead atoms. The van der Waals surface area contributed by atoms with E-state index in [0.717, 1.165) is 29.7 Å². The summed E-state index contributed by atoms with van der Waals surface area (Å²) in [4.78, 5) is 0. The maximum Gasteiger partial charge on any atom is 0.216 e. The van der Waals surface area contributed by atoms with E-state index < -0.39 is 24.3 Å². The zero-order valence-corrected chi connectivity index (χ0v) is 21.6. The molecule has 1 saturated heterocycles. The smallest absolute Gasteiger partial charge is 0.216 e. The van der Waals surface area contributed by atoms with E-state index in [-0.39, 0.29) is 12.4 Å². The minimum atomic E-state index is -1.84. The van der Waals surface area contributed by atoms with Gasteiger partial charge in [-0.15, -0.1) is 0 Å². The van der Waals surface area contributed by atoms with Crippen molar-refractivity contribution in [3.05, 3.63) is 113 Å². The van der Waals surface area contributed by atoms with Gasteiger partial charge in [-0.1, -0.05) is 61.9 Å². The molecule has 2 aliphatic rings. The van der Waals surface area contributed by atoms with Crippen LogP contribution in [0.3, 0.4) is 0 Å². The molecule has 0 spiro atoms. The highest BCUT2D eigenvalue weighted by molar-refractivity contribution is 5.37. The molecule has 1 N–H and O–H groups in total. The first-order valence-corrected chi connectivity index (χ1v) is 13.0. The van der Waals surface area contributed by atoms with E-state index in [1.54, 1.807) is 19.3 Å². The van der Waals surface area contributed by atoms with Crippen molar-refractivity contribution in [1.29, 1.82) is 0 Å². The molecule has 3 aromatic rings. The molecule has 0 radical (unpaired) electrons. The van der Waals surface area contributed by atoms with E-state index in [9.17, 15) is 9.50 Å². The zero-order valence-electron chi connectivity index (χ0n) is 21.6.